The van der Waals surface area contributed by atoms with Crippen LogP contribution >= 0.6 is 11.6 Å². The van der Waals surface area contributed by atoms with E-state index in [1.807, 2.05) is 25.2 Å². The molecule has 0 saturated carbocycles. The summed E-state index contributed by atoms with van der Waals surface area (Å²) in [4.78, 5) is 2.15. The van der Waals surface area contributed by atoms with Gasteiger partial charge >= 0.3 is 0 Å². The highest BCUT2D eigenvalue weighted by atomic mass is 35.5. The second-order valence-corrected chi connectivity index (χ2v) is 5.11. The number of ether oxygens (including phenoxy) is 1. The van der Waals surface area contributed by atoms with E-state index in [0.29, 0.717) is 0 Å². The average Bonchev–Trinajstić information content (AvgIpc) is 2.33. The Kier molecular flexibility index (Phi) is 6.47. The minimum Gasteiger partial charge on any atom is -0.493 e. The highest BCUT2D eigenvalue weighted by molar-refractivity contribution is 6.31. The predicted octanol–water partition coefficient (Wildman–Crippen LogP) is 2.95. The Bertz CT molecular complexity index is 369. The third-order valence-corrected chi connectivity index (χ3v) is 3.22. The van der Waals surface area contributed by atoms with E-state index in [-0.39, 0.29) is 6.04 Å². The molecule has 0 saturated heterocycles. The summed E-state index contributed by atoms with van der Waals surface area (Å²) in [5, 5.41) is 3.93. The standard InChI is InChI=1S/C14H23ClN2O/c1-11(16-2)13-7-6-12(10-14(13)15)18-9-5-8-17(3)4/h6-7,10-11,16H,5,8-9H2,1-4H3. The van der Waals surface area contributed by atoms with Crippen LogP contribution in [0, 0.1) is 0 Å². The Hall–Kier alpha value is -0.770. The minimum atomic E-state index is 0.250. The zero-order valence-electron chi connectivity index (χ0n) is 11.7. The van der Waals surface area contributed by atoms with Crippen molar-refractivity contribution >= 4 is 11.6 Å². The predicted molar refractivity (Wildman–Crippen MR) is 77.6 cm³/mol. The van der Waals surface area contributed by atoms with Crippen LogP contribution in [0.5, 0.6) is 5.75 Å². The van der Waals surface area contributed by atoms with Crippen molar-refractivity contribution in [3.05, 3.63) is 28.8 Å². The van der Waals surface area contributed by atoms with Crippen LogP contribution in [-0.4, -0.2) is 39.2 Å². The maximum Gasteiger partial charge on any atom is 0.120 e. The number of nitrogens with zero attached hydrogens (tertiary/aromatic N) is 1. The molecule has 0 aliphatic rings. The molecule has 1 rings (SSSR count). The van der Waals surface area contributed by atoms with Crippen molar-refractivity contribution in [2.75, 3.05) is 34.3 Å². The molecule has 0 aliphatic carbocycles. The molecule has 0 amide bonds. The van der Waals surface area contributed by atoms with Crippen LogP contribution in [0.4, 0.5) is 0 Å². The van der Waals surface area contributed by atoms with Gasteiger partial charge in [0.05, 0.1) is 6.61 Å². The van der Waals surface area contributed by atoms with Crippen molar-refractivity contribution in [3.63, 3.8) is 0 Å². The molecule has 1 N–H and O–H groups in total. The van der Waals surface area contributed by atoms with Crippen LogP contribution in [0.2, 0.25) is 5.02 Å². The van der Waals surface area contributed by atoms with Gasteiger partial charge in [-0.1, -0.05) is 17.7 Å². The lowest BCUT2D eigenvalue weighted by atomic mass is 10.1. The molecule has 0 aromatic heterocycles. The first-order valence-electron chi connectivity index (χ1n) is 6.29. The zero-order valence-corrected chi connectivity index (χ0v) is 12.4. The molecule has 3 nitrogen and oxygen atoms in total. The Labute approximate surface area is 115 Å². The van der Waals surface area contributed by atoms with Crippen LogP contribution in [0.25, 0.3) is 0 Å². The van der Waals surface area contributed by atoms with Gasteiger partial charge < -0.3 is 15.0 Å². The Morgan fingerprint density at radius 1 is 1.39 bits per heavy atom. The first-order chi connectivity index (χ1) is 8.54. The molecule has 1 aromatic carbocycles. The fourth-order valence-corrected chi connectivity index (χ4v) is 2.01. The lowest BCUT2D eigenvalue weighted by Gasteiger charge is -2.14. The summed E-state index contributed by atoms with van der Waals surface area (Å²) in [5.41, 5.74) is 1.10. The highest BCUT2D eigenvalue weighted by Crippen LogP contribution is 2.27. The van der Waals surface area contributed by atoms with Crippen LogP contribution in [0.1, 0.15) is 24.9 Å². The van der Waals surface area contributed by atoms with E-state index < -0.39 is 0 Å². The molecule has 18 heavy (non-hydrogen) atoms. The maximum atomic E-state index is 6.24. The maximum absolute atomic E-state index is 6.24. The van der Waals surface area contributed by atoms with E-state index in [1.54, 1.807) is 0 Å². The minimum absolute atomic E-state index is 0.250. The summed E-state index contributed by atoms with van der Waals surface area (Å²) in [6, 6.07) is 6.14. The van der Waals surface area contributed by atoms with Gasteiger partial charge in [0.25, 0.3) is 0 Å². The number of nitrogens with one attached hydrogen (secondary N) is 1. The molecule has 0 heterocycles. The van der Waals surface area contributed by atoms with Crippen molar-refractivity contribution in [1.82, 2.24) is 10.2 Å². The average molecular weight is 271 g/mol. The molecular formula is C14H23ClN2O. The molecule has 0 aliphatic heterocycles. The smallest absolute Gasteiger partial charge is 0.120 e. The lowest BCUT2D eigenvalue weighted by molar-refractivity contribution is 0.281. The summed E-state index contributed by atoms with van der Waals surface area (Å²) in [7, 11) is 6.04. The third-order valence-electron chi connectivity index (χ3n) is 2.89. The van der Waals surface area contributed by atoms with Crippen molar-refractivity contribution < 1.29 is 4.74 Å². The molecule has 4 heteroatoms. The molecule has 0 spiro atoms. The van der Waals surface area contributed by atoms with E-state index in [9.17, 15) is 0 Å². The van der Waals surface area contributed by atoms with Crippen LogP contribution in [0.3, 0.4) is 0 Å². The van der Waals surface area contributed by atoms with Gasteiger partial charge in [-0.05, 0) is 52.2 Å². The van der Waals surface area contributed by atoms with Gasteiger partial charge in [0.15, 0.2) is 0 Å². The topological polar surface area (TPSA) is 24.5 Å². The number of hydrogen-bond acceptors (Lipinski definition) is 3. The molecule has 0 fully saturated rings. The van der Waals surface area contributed by atoms with Crippen molar-refractivity contribution in [3.8, 4) is 5.75 Å². The van der Waals surface area contributed by atoms with Gasteiger partial charge in [-0.2, -0.15) is 0 Å². The largest absolute Gasteiger partial charge is 0.493 e. The molecule has 102 valence electrons. The lowest BCUT2D eigenvalue weighted by Crippen LogP contribution is -2.15. The Balaban J connectivity index is 2.51. The zero-order chi connectivity index (χ0) is 13.5. The van der Waals surface area contributed by atoms with Gasteiger partial charge in [0.1, 0.15) is 5.75 Å². The first kappa shape index (κ1) is 15.3. The Morgan fingerprint density at radius 2 is 2.11 bits per heavy atom. The summed E-state index contributed by atoms with van der Waals surface area (Å²) < 4.78 is 5.67. The van der Waals surface area contributed by atoms with E-state index >= 15 is 0 Å². The third kappa shape index (κ3) is 4.84. The van der Waals surface area contributed by atoms with Crippen LogP contribution < -0.4 is 10.1 Å². The quantitative estimate of drug-likeness (QED) is 0.771. The van der Waals surface area contributed by atoms with Gasteiger partial charge in [-0.15, -0.1) is 0 Å². The molecule has 1 aromatic rings. The Morgan fingerprint density at radius 3 is 2.67 bits per heavy atom. The van der Waals surface area contributed by atoms with E-state index in [4.69, 9.17) is 16.3 Å². The fraction of sp³-hybridized carbons (Fsp3) is 0.571. The van der Waals surface area contributed by atoms with Crippen molar-refractivity contribution in [2.45, 2.75) is 19.4 Å². The molecule has 0 radical (unpaired) electrons. The summed E-state index contributed by atoms with van der Waals surface area (Å²) in [6.45, 7) is 3.83. The second kappa shape index (κ2) is 7.62. The number of halogens is 1. The number of benzene rings is 1. The summed E-state index contributed by atoms with van der Waals surface area (Å²) in [6.07, 6.45) is 1.01. The van der Waals surface area contributed by atoms with Gasteiger partial charge in [-0.3, -0.25) is 0 Å². The molecule has 0 bridgehead atoms. The monoisotopic (exact) mass is 270 g/mol. The van der Waals surface area contributed by atoms with Crippen molar-refractivity contribution in [1.29, 1.82) is 0 Å². The summed E-state index contributed by atoms with van der Waals surface area (Å²) >= 11 is 6.24. The normalized spacial score (nSPS) is 12.8. The van der Waals surface area contributed by atoms with Gasteiger partial charge in [0, 0.05) is 17.6 Å². The highest BCUT2D eigenvalue weighted by Gasteiger charge is 2.08. The second-order valence-electron chi connectivity index (χ2n) is 4.70. The van der Waals surface area contributed by atoms with Gasteiger partial charge in [-0.25, -0.2) is 0 Å². The fourth-order valence-electron chi connectivity index (χ4n) is 1.68. The molecule has 1 atom stereocenters. The van der Waals surface area contributed by atoms with E-state index in [1.165, 1.54) is 0 Å². The molecule has 1 unspecified atom stereocenters. The first-order valence-corrected chi connectivity index (χ1v) is 6.66. The van der Waals surface area contributed by atoms with Gasteiger partial charge in [0.2, 0.25) is 0 Å². The van der Waals surface area contributed by atoms with Crippen molar-refractivity contribution in [2.24, 2.45) is 0 Å². The number of rotatable bonds is 7. The van der Waals surface area contributed by atoms with E-state index in [2.05, 4.69) is 31.2 Å². The van der Waals surface area contributed by atoms with E-state index in [0.717, 1.165) is 35.9 Å². The molecular weight excluding hydrogens is 248 g/mol. The summed E-state index contributed by atoms with van der Waals surface area (Å²) in [5.74, 6) is 0.839. The number of hydrogen-bond donors (Lipinski definition) is 1. The van der Waals surface area contributed by atoms with Crippen LogP contribution in [-0.2, 0) is 0 Å². The van der Waals surface area contributed by atoms with Crippen LogP contribution in [0.15, 0.2) is 18.2 Å². The SMILES string of the molecule is CNC(C)c1ccc(OCCCN(C)C)cc1Cl.